The third-order valence-electron chi connectivity index (χ3n) is 3.45. The molecule has 0 unspecified atom stereocenters. The van der Waals surface area contributed by atoms with Crippen LogP contribution in [0.25, 0.3) is 10.8 Å². The van der Waals surface area contributed by atoms with E-state index in [1.165, 1.54) is 23.4 Å². The molecule has 0 saturated carbocycles. The van der Waals surface area contributed by atoms with E-state index in [0.717, 1.165) is 0 Å². The average Bonchev–Trinajstić information content (AvgIpc) is 2.51. The minimum atomic E-state index is -0.480. The smallest absolute Gasteiger partial charge is 0.321 e. The lowest BCUT2D eigenvalue weighted by molar-refractivity contribution is -0.682. The van der Waals surface area contributed by atoms with E-state index in [4.69, 9.17) is 0 Å². The molecule has 0 aliphatic carbocycles. The van der Waals surface area contributed by atoms with Gasteiger partial charge in [0.15, 0.2) is 6.54 Å². The number of urea groups is 1. The molecule has 2 aromatic carbocycles. The minimum Gasteiger partial charge on any atom is -0.341 e. The van der Waals surface area contributed by atoms with Crippen LogP contribution in [0, 0.1) is 0 Å². The number of nitrogens with one attached hydrogen (secondary N) is 2. The average molecular weight is 286 g/mol. The van der Waals surface area contributed by atoms with Gasteiger partial charge in [0.2, 0.25) is 0 Å². The molecule has 1 atom stereocenters. The van der Waals surface area contributed by atoms with Gasteiger partial charge >= 0.3 is 6.03 Å². The monoisotopic (exact) mass is 286 g/mol. The van der Waals surface area contributed by atoms with E-state index < -0.39 is 6.03 Å². The maximum Gasteiger partial charge on any atom is 0.321 e. The van der Waals surface area contributed by atoms with Crippen molar-refractivity contribution in [2.24, 2.45) is 0 Å². The number of amides is 3. The predicted octanol–water partition coefficient (Wildman–Crippen LogP) is 0.920. The summed E-state index contributed by atoms with van der Waals surface area (Å²) in [6.45, 7) is 2.26. The molecule has 0 bridgehead atoms. The highest BCUT2D eigenvalue weighted by atomic mass is 16.2. The van der Waals surface area contributed by atoms with Gasteiger partial charge in [-0.15, -0.1) is 0 Å². The number of hydrogen-bond donors (Lipinski definition) is 3. The fraction of sp³-hybridized carbons (Fsp3) is 0.250. The van der Waals surface area contributed by atoms with Gasteiger partial charge in [-0.05, 0) is 17.7 Å². The summed E-state index contributed by atoms with van der Waals surface area (Å²) in [6.07, 6.45) is 0. The molecule has 5 heteroatoms. The highest BCUT2D eigenvalue weighted by Crippen LogP contribution is 2.21. The lowest BCUT2D eigenvalue weighted by Crippen LogP contribution is -2.87. The third-order valence-corrected chi connectivity index (χ3v) is 3.45. The number of benzene rings is 2. The van der Waals surface area contributed by atoms with Crippen molar-refractivity contribution in [3.8, 4) is 0 Å². The number of hydrogen-bond acceptors (Lipinski definition) is 2. The summed E-state index contributed by atoms with van der Waals surface area (Å²) in [5, 5.41) is 8.90. The van der Waals surface area contributed by atoms with Gasteiger partial charge in [0, 0.05) is 12.6 Å². The Morgan fingerprint density at radius 3 is 2.62 bits per heavy atom. The Bertz CT molecular complexity index is 650. The molecule has 0 spiro atoms. The summed E-state index contributed by atoms with van der Waals surface area (Å²) in [6, 6.07) is 14.0. The molecule has 0 aliphatic rings. The number of carbonyl (C=O) groups excluding carboxylic acids is 2. The summed E-state index contributed by atoms with van der Waals surface area (Å²) >= 11 is 0. The first-order valence-electron chi connectivity index (χ1n) is 6.94. The van der Waals surface area contributed by atoms with E-state index in [9.17, 15) is 9.59 Å². The Morgan fingerprint density at radius 1 is 1.14 bits per heavy atom. The van der Waals surface area contributed by atoms with Gasteiger partial charge in [-0.3, -0.25) is 10.1 Å². The first-order valence-corrected chi connectivity index (χ1v) is 6.94. The van der Waals surface area contributed by atoms with Gasteiger partial charge in [-0.2, -0.15) is 0 Å². The molecule has 0 aromatic heterocycles. The van der Waals surface area contributed by atoms with Crippen LogP contribution in [0.4, 0.5) is 4.79 Å². The normalized spacial score (nSPS) is 11.9. The SMILES string of the molecule is CNC(=O)NC(=O)C[NH2+][C@@H](C)c1cccc2ccccc12. The zero-order chi connectivity index (χ0) is 15.2. The Kier molecular flexibility index (Phi) is 4.90. The second-order valence-electron chi connectivity index (χ2n) is 4.92. The lowest BCUT2D eigenvalue weighted by atomic mass is 10.00. The largest absolute Gasteiger partial charge is 0.341 e. The summed E-state index contributed by atoms with van der Waals surface area (Å²) in [5.41, 5.74) is 1.18. The van der Waals surface area contributed by atoms with Crippen LogP contribution in [0.5, 0.6) is 0 Å². The fourth-order valence-corrected chi connectivity index (χ4v) is 2.30. The van der Waals surface area contributed by atoms with Crippen LogP contribution in [0.3, 0.4) is 0 Å². The van der Waals surface area contributed by atoms with Crippen molar-refractivity contribution in [1.29, 1.82) is 0 Å². The Labute approximate surface area is 123 Å². The van der Waals surface area contributed by atoms with Crippen LogP contribution in [-0.2, 0) is 4.79 Å². The summed E-state index contributed by atoms with van der Waals surface area (Å²) < 4.78 is 0. The molecule has 0 fully saturated rings. The third kappa shape index (κ3) is 3.79. The van der Waals surface area contributed by atoms with Gasteiger partial charge in [-0.1, -0.05) is 42.5 Å². The van der Waals surface area contributed by atoms with Gasteiger partial charge in [0.25, 0.3) is 5.91 Å². The van der Waals surface area contributed by atoms with Crippen molar-refractivity contribution in [2.75, 3.05) is 13.6 Å². The summed E-state index contributed by atoms with van der Waals surface area (Å²) in [4.78, 5) is 22.7. The minimum absolute atomic E-state index is 0.131. The molecule has 4 N–H and O–H groups in total. The molecule has 21 heavy (non-hydrogen) atoms. The van der Waals surface area contributed by atoms with Gasteiger partial charge in [0.05, 0.1) is 0 Å². The van der Waals surface area contributed by atoms with Gasteiger partial charge in [-0.25, -0.2) is 4.79 Å². The molecule has 2 rings (SSSR count). The van der Waals surface area contributed by atoms with Crippen molar-refractivity contribution in [3.63, 3.8) is 0 Å². The summed E-state index contributed by atoms with van der Waals surface area (Å²) in [5.74, 6) is -0.304. The van der Waals surface area contributed by atoms with Crippen LogP contribution in [-0.4, -0.2) is 25.5 Å². The maximum absolute atomic E-state index is 11.6. The van der Waals surface area contributed by atoms with E-state index in [1.807, 2.05) is 23.5 Å². The maximum atomic E-state index is 11.6. The Morgan fingerprint density at radius 2 is 1.86 bits per heavy atom. The highest BCUT2D eigenvalue weighted by molar-refractivity contribution is 5.94. The van der Waals surface area contributed by atoms with Gasteiger partial charge < -0.3 is 10.6 Å². The topological polar surface area (TPSA) is 74.8 Å². The van der Waals surface area contributed by atoms with Gasteiger partial charge in [0.1, 0.15) is 6.04 Å². The van der Waals surface area contributed by atoms with Crippen LogP contribution >= 0.6 is 0 Å². The second-order valence-corrected chi connectivity index (χ2v) is 4.92. The summed E-state index contributed by atoms with van der Waals surface area (Å²) in [7, 11) is 1.48. The molecule has 0 saturated heterocycles. The number of carbonyl (C=O) groups is 2. The fourth-order valence-electron chi connectivity index (χ4n) is 2.30. The molecule has 2 aromatic rings. The molecule has 0 heterocycles. The predicted molar refractivity (Wildman–Crippen MR) is 81.8 cm³/mol. The molecule has 0 radical (unpaired) electrons. The van der Waals surface area contributed by atoms with Crippen LogP contribution in [0.15, 0.2) is 42.5 Å². The number of fused-ring (bicyclic) bond motifs is 1. The molecular formula is C16H20N3O2+. The molecule has 110 valence electrons. The molecule has 5 nitrogen and oxygen atoms in total. The van der Waals surface area contributed by atoms with Crippen molar-refractivity contribution in [2.45, 2.75) is 13.0 Å². The van der Waals surface area contributed by atoms with Crippen molar-refractivity contribution in [1.82, 2.24) is 10.6 Å². The Hall–Kier alpha value is -2.40. The van der Waals surface area contributed by atoms with Crippen molar-refractivity contribution in [3.05, 3.63) is 48.0 Å². The number of nitrogens with two attached hydrogens (primary N) is 1. The first kappa shape index (κ1) is 15.0. The lowest BCUT2D eigenvalue weighted by Gasteiger charge is -2.13. The quantitative estimate of drug-likeness (QED) is 0.782. The first-order chi connectivity index (χ1) is 10.1. The molecule has 3 amide bonds. The molecular weight excluding hydrogens is 266 g/mol. The van der Waals surface area contributed by atoms with E-state index >= 15 is 0 Å². The highest BCUT2D eigenvalue weighted by Gasteiger charge is 2.14. The number of imide groups is 1. The van der Waals surface area contributed by atoms with Crippen LogP contribution in [0.1, 0.15) is 18.5 Å². The second kappa shape index (κ2) is 6.85. The van der Waals surface area contributed by atoms with E-state index in [0.29, 0.717) is 0 Å². The van der Waals surface area contributed by atoms with E-state index in [-0.39, 0.29) is 18.5 Å². The molecule has 0 aliphatic heterocycles. The zero-order valence-corrected chi connectivity index (χ0v) is 12.2. The van der Waals surface area contributed by atoms with Crippen LogP contribution < -0.4 is 16.0 Å². The van der Waals surface area contributed by atoms with E-state index in [1.54, 1.807) is 0 Å². The van der Waals surface area contributed by atoms with Crippen molar-refractivity contribution >= 4 is 22.7 Å². The zero-order valence-electron chi connectivity index (χ0n) is 12.2. The van der Waals surface area contributed by atoms with Crippen molar-refractivity contribution < 1.29 is 14.9 Å². The standard InChI is InChI=1S/C16H19N3O2/c1-11(18-10-15(20)19-16(21)17-2)13-9-5-7-12-6-3-4-8-14(12)13/h3-9,11,18H,10H2,1-2H3,(H2,17,19,20,21)/p+1/t11-/m0/s1. The Balaban J connectivity index is 2.04. The number of quaternary nitrogens is 1. The van der Waals surface area contributed by atoms with E-state index in [2.05, 4.69) is 41.8 Å². The number of rotatable bonds is 4. The van der Waals surface area contributed by atoms with Crippen LogP contribution in [0.2, 0.25) is 0 Å².